The molecule has 0 amide bonds. The zero-order valence-corrected chi connectivity index (χ0v) is 21.1. The van der Waals surface area contributed by atoms with Crippen LogP contribution in [0.4, 0.5) is 0 Å². The third kappa shape index (κ3) is 3.12. The number of carbonyl (C=O) groups excluding carboxylic acids is 4. The molecule has 1 N–H and O–H groups in total. The average molecular weight is 493 g/mol. The van der Waals surface area contributed by atoms with E-state index in [1.165, 1.54) is 19.9 Å². The fourth-order valence-corrected chi connectivity index (χ4v) is 8.42. The van der Waals surface area contributed by atoms with Gasteiger partial charge in [0.2, 0.25) is 5.78 Å². The Morgan fingerprint density at radius 1 is 1.18 bits per heavy atom. The second-order valence-electron chi connectivity index (χ2n) is 10.9. The zero-order chi connectivity index (χ0) is 25.3. The SMILES string of the molecule is CC(=O)OCC(=O)[C@]1(OC(C)=O)[C@H](C)C[C@H]2[C@@H]3CCC4=CC(=O)C=C[C@]4(C)[C@@]3(Cl)[C@@H](O)C[C@@]21C. The lowest BCUT2D eigenvalue weighted by molar-refractivity contribution is -0.202. The van der Waals surface area contributed by atoms with Crippen molar-refractivity contribution < 1.29 is 33.8 Å². The van der Waals surface area contributed by atoms with Gasteiger partial charge in [-0.15, -0.1) is 11.6 Å². The van der Waals surface area contributed by atoms with E-state index in [-0.39, 0.29) is 30.0 Å². The Labute approximate surface area is 204 Å². The lowest BCUT2D eigenvalue weighted by Gasteiger charge is -2.64. The molecule has 0 saturated heterocycles. The van der Waals surface area contributed by atoms with Crippen molar-refractivity contribution in [3.8, 4) is 0 Å². The van der Waals surface area contributed by atoms with Crippen LogP contribution in [0.25, 0.3) is 0 Å². The lowest BCUT2D eigenvalue weighted by Crippen LogP contribution is -2.69. The third-order valence-electron chi connectivity index (χ3n) is 9.31. The van der Waals surface area contributed by atoms with Crippen molar-refractivity contribution in [2.24, 2.45) is 28.6 Å². The van der Waals surface area contributed by atoms with Crippen molar-refractivity contribution >= 4 is 35.1 Å². The molecule has 186 valence electrons. The van der Waals surface area contributed by atoms with Crippen molar-refractivity contribution in [2.75, 3.05) is 6.61 Å². The van der Waals surface area contributed by atoms with Crippen LogP contribution in [0.5, 0.6) is 0 Å². The highest BCUT2D eigenvalue weighted by molar-refractivity contribution is 6.26. The van der Waals surface area contributed by atoms with Gasteiger partial charge in [-0.25, -0.2) is 0 Å². The number of aliphatic hydroxyl groups is 1. The summed E-state index contributed by atoms with van der Waals surface area (Å²) in [5, 5.41) is 11.7. The van der Waals surface area contributed by atoms with Crippen LogP contribution in [0.15, 0.2) is 23.8 Å². The summed E-state index contributed by atoms with van der Waals surface area (Å²) in [5.41, 5.74) is -2.27. The van der Waals surface area contributed by atoms with Crippen molar-refractivity contribution in [2.45, 2.75) is 76.9 Å². The number of fused-ring (bicyclic) bond motifs is 5. The van der Waals surface area contributed by atoms with Crippen molar-refractivity contribution in [3.05, 3.63) is 23.8 Å². The van der Waals surface area contributed by atoms with Crippen molar-refractivity contribution in [3.63, 3.8) is 0 Å². The molecule has 7 nitrogen and oxygen atoms in total. The molecule has 0 heterocycles. The molecule has 3 fully saturated rings. The Morgan fingerprint density at radius 2 is 1.85 bits per heavy atom. The summed E-state index contributed by atoms with van der Waals surface area (Å²) in [7, 11) is 0. The predicted molar refractivity (Wildman–Crippen MR) is 124 cm³/mol. The highest BCUT2D eigenvalue weighted by Gasteiger charge is 2.76. The molecule has 0 spiro atoms. The molecule has 0 unspecified atom stereocenters. The molecule has 0 aromatic carbocycles. The first-order valence-electron chi connectivity index (χ1n) is 11.9. The Hall–Kier alpha value is -1.99. The largest absolute Gasteiger partial charge is 0.458 e. The Kier molecular flexibility index (Phi) is 5.92. The molecule has 0 aromatic rings. The molecule has 8 heteroatoms. The van der Waals surface area contributed by atoms with Gasteiger partial charge in [0.1, 0.15) is 0 Å². The van der Waals surface area contributed by atoms with Crippen LogP contribution in [-0.4, -0.2) is 51.8 Å². The standard InChI is InChI=1S/C26H33ClO7/c1-14-10-20-19-7-6-17-11-18(30)8-9-23(17,4)25(19,27)21(31)12-24(20,5)26(14,34-16(3)29)22(32)13-33-15(2)28/h8-9,11,14,19-21,31H,6-7,10,12-13H2,1-5H3/t14-,19+,20+,21+,23+,24+,25+,26-/m1/s1. The highest BCUT2D eigenvalue weighted by atomic mass is 35.5. The van der Waals surface area contributed by atoms with Gasteiger partial charge < -0.3 is 14.6 Å². The van der Waals surface area contributed by atoms with Crippen LogP contribution in [0.3, 0.4) is 0 Å². The maximum atomic E-state index is 13.6. The van der Waals surface area contributed by atoms with E-state index in [1.807, 2.05) is 26.8 Å². The number of ketones is 2. The molecule has 0 radical (unpaired) electrons. The molecule has 34 heavy (non-hydrogen) atoms. The topological polar surface area (TPSA) is 107 Å². The van der Waals surface area contributed by atoms with E-state index in [0.717, 1.165) is 5.57 Å². The Bertz CT molecular complexity index is 1020. The first-order valence-corrected chi connectivity index (χ1v) is 12.3. The Morgan fingerprint density at radius 3 is 2.47 bits per heavy atom. The van der Waals surface area contributed by atoms with Crippen LogP contribution in [0.2, 0.25) is 0 Å². The first-order chi connectivity index (χ1) is 15.7. The smallest absolute Gasteiger partial charge is 0.303 e. The molecule has 8 atom stereocenters. The quantitative estimate of drug-likeness (QED) is 0.474. The number of Topliss-reactive ketones (excluding diaryl/α,β-unsaturated/α-hetero) is 1. The minimum absolute atomic E-state index is 0.0826. The summed E-state index contributed by atoms with van der Waals surface area (Å²) < 4.78 is 10.9. The molecular formula is C26H33ClO7. The van der Waals surface area contributed by atoms with Gasteiger partial charge in [-0.3, -0.25) is 19.2 Å². The molecule has 3 saturated carbocycles. The maximum absolute atomic E-state index is 13.6. The van der Waals surface area contributed by atoms with Gasteiger partial charge in [0.25, 0.3) is 0 Å². The summed E-state index contributed by atoms with van der Waals surface area (Å²) in [4.78, 5) is 48.3. The number of aliphatic hydroxyl groups excluding tert-OH is 1. The number of hydrogen-bond donors (Lipinski definition) is 1. The van der Waals surface area contributed by atoms with E-state index in [2.05, 4.69) is 0 Å². The molecular weight excluding hydrogens is 460 g/mol. The van der Waals surface area contributed by atoms with E-state index >= 15 is 0 Å². The highest BCUT2D eigenvalue weighted by Crippen LogP contribution is 2.72. The molecule has 0 aromatic heterocycles. The summed E-state index contributed by atoms with van der Waals surface area (Å²) in [6, 6.07) is 0. The van der Waals surface area contributed by atoms with Crippen LogP contribution in [-0.2, 0) is 28.7 Å². The monoisotopic (exact) mass is 492 g/mol. The number of allylic oxidation sites excluding steroid dienone is 4. The second-order valence-corrected chi connectivity index (χ2v) is 11.6. The van der Waals surface area contributed by atoms with Gasteiger partial charge in [0, 0.05) is 30.6 Å². The number of esters is 2. The van der Waals surface area contributed by atoms with E-state index in [0.29, 0.717) is 19.3 Å². The minimum Gasteiger partial charge on any atom is -0.458 e. The van der Waals surface area contributed by atoms with Crippen molar-refractivity contribution in [1.82, 2.24) is 0 Å². The van der Waals surface area contributed by atoms with Gasteiger partial charge in [0.05, 0.1) is 11.0 Å². The normalized spacial score (nSPS) is 44.9. The summed E-state index contributed by atoms with van der Waals surface area (Å²) in [6.45, 7) is 7.71. The van der Waals surface area contributed by atoms with Gasteiger partial charge >= 0.3 is 11.9 Å². The number of hydrogen-bond acceptors (Lipinski definition) is 7. The van der Waals surface area contributed by atoms with Crippen LogP contribution < -0.4 is 0 Å². The predicted octanol–water partition coefficient (Wildman–Crippen LogP) is 3.31. The van der Waals surface area contributed by atoms with E-state index < -0.39 is 51.7 Å². The van der Waals surface area contributed by atoms with Crippen molar-refractivity contribution in [1.29, 1.82) is 0 Å². The fraction of sp³-hybridized carbons (Fsp3) is 0.692. The van der Waals surface area contributed by atoms with E-state index in [1.54, 1.807) is 6.08 Å². The first kappa shape index (κ1) is 25.1. The van der Waals surface area contributed by atoms with Gasteiger partial charge in [0.15, 0.2) is 18.0 Å². The number of halogens is 1. The van der Waals surface area contributed by atoms with Gasteiger partial charge in [-0.1, -0.05) is 32.4 Å². The number of ether oxygens (including phenoxy) is 2. The molecule has 4 aliphatic carbocycles. The average Bonchev–Trinajstić information content (AvgIpc) is 2.95. The van der Waals surface area contributed by atoms with Crippen LogP contribution in [0.1, 0.15) is 60.3 Å². The number of rotatable bonds is 4. The molecule has 0 aliphatic heterocycles. The van der Waals surface area contributed by atoms with E-state index in [4.69, 9.17) is 21.1 Å². The molecule has 4 aliphatic rings. The van der Waals surface area contributed by atoms with E-state index in [9.17, 15) is 24.3 Å². The maximum Gasteiger partial charge on any atom is 0.303 e. The summed E-state index contributed by atoms with van der Waals surface area (Å²) >= 11 is 7.43. The molecule has 4 rings (SSSR count). The van der Waals surface area contributed by atoms with Gasteiger partial charge in [-0.2, -0.15) is 0 Å². The van der Waals surface area contributed by atoms with Gasteiger partial charge in [-0.05, 0) is 49.7 Å². The number of alkyl halides is 1. The second kappa shape index (κ2) is 8.02. The fourth-order valence-electron chi connectivity index (χ4n) is 7.90. The van der Waals surface area contributed by atoms with Crippen LogP contribution in [0, 0.1) is 28.6 Å². The Balaban J connectivity index is 1.82. The zero-order valence-electron chi connectivity index (χ0n) is 20.4. The number of carbonyl (C=O) groups is 4. The summed E-state index contributed by atoms with van der Waals surface area (Å²) in [5.74, 6) is -2.44. The third-order valence-corrected chi connectivity index (χ3v) is 10.2. The van der Waals surface area contributed by atoms with Crippen LogP contribution >= 0.6 is 11.6 Å². The molecule has 0 bridgehead atoms. The lowest BCUT2D eigenvalue weighted by atomic mass is 9.45. The summed E-state index contributed by atoms with van der Waals surface area (Å²) in [6.07, 6.45) is 5.92. The minimum atomic E-state index is -1.55.